The number of carbonyl (C=O) groups is 3. The molecule has 3 rings (SSSR count). The Morgan fingerprint density at radius 1 is 0.879 bits per heavy atom. The first-order chi connectivity index (χ1) is 15.7. The summed E-state index contributed by atoms with van der Waals surface area (Å²) in [7, 11) is 0. The van der Waals surface area contributed by atoms with Crippen LogP contribution in [0.4, 0.5) is 16.2 Å². The van der Waals surface area contributed by atoms with Crippen LogP contribution in [0.25, 0.3) is 5.69 Å². The van der Waals surface area contributed by atoms with Gasteiger partial charge < -0.3 is 25.3 Å². The van der Waals surface area contributed by atoms with Crippen LogP contribution in [0.1, 0.15) is 37.6 Å². The third-order valence-corrected chi connectivity index (χ3v) is 4.46. The summed E-state index contributed by atoms with van der Waals surface area (Å²) in [5.74, 6) is -0.519. The van der Waals surface area contributed by atoms with E-state index in [1.165, 1.54) is 0 Å². The number of amides is 3. The van der Waals surface area contributed by atoms with E-state index in [4.69, 9.17) is 4.74 Å². The molecule has 0 saturated heterocycles. The van der Waals surface area contributed by atoms with Gasteiger partial charge in [0.25, 0.3) is 5.91 Å². The minimum atomic E-state index is -0.595. The number of hydrogen-bond acceptors (Lipinski definition) is 4. The van der Waals surface area contributed by atoms with Crippen LogP contribution in [0.2, 0.25) is 0 Å². The summed E-state index contributed by atoms with van der Waals surface area (Å²) in [6.07, 6.45) is 3.38. The number of rotatable bonds is 7. The van der Waals surface area contributed by atoms with Crippen molar-refractivity contribution in [2.45, 2.75) is 32.8 Å². The number of anilines is 2. The van der Waals surface area contributed by atoms with Crippen LogP contribution in [-0.4, -0.2) is 34.6 Å². The van der Waals surface area contributed by atoms with E-state index in [-0.39, 0.29) is 24.8 Å². The molecular weight excluding hydrogens is 420 g/mol. The van der Waals surface area contributed by atoms with Gasteiger partial charge in [0.05, 0.1) is 0 Å². The van der Waals surface area contributed by atoms with Crippen molar-refractivity contribution in [1.29, 1.82) is 0 Å². The lowest BCUT2D eigenvalue weighted by Gasteiger charge is -2.19. The first-order valence-corrected chi connectivity index (χ1v) is 10.6. The van der Waals surface area contributed by atoms with Gasteiger partial charge in [0, 0.05) is 48.0 Å². The summed E-state index contributed by atoms with van der Waals surface area (Å²) in [4.78, 5) is 36.4. The summed E-state index contributed by atoms with van der Waals surface area (Å²) >= 11 is 0. The SMILES string of the molecule is CC(C)(C)OC(=O)NCCC(=O)Nc1cccc(NC(=O)c2ccc(-n3cccc3)cc2)c1. The van der Waals surface area contributed by atoms with Crippen molar-refractivity contribution >= 4 is 29.3 Å². The van der Waals surface area contributed by atoms with Gasteiger partial charge in [0.2, 0.25) is 5.91 Å². The van der Waals surface area contributed by atoms with E-state index in [1.54, 1.807) is 57.2 Å². The van der Waals surface area contributed by atoms with Crippen LogP contribution in [-0.2, 0) is 9.53 Å². The van der Waals surface area contributed by atoms with E-state index in [0.29, 0.717) is 16.9 Å². The molecule has 0 aliphatic carbocycles. The number of hydrogen-bond donors (Lipinski definition) is 3. The Hall–Kier alpha value is -4.07. The molecule has 3 amide bonds. The van der Waals surface area contributed by atoms with Crippen LogP contribution in [0, 0.1) is 0 Å². The third kappa shape index (κ3) is 7.53. The Bertz CT molecular complexity index is 1100. The van der Waals surface area contributed by atoms with E-state index in [9.17, 15) is 14.4 Å². The molecule has 8 heteroatoms. The third-order valence-electron chi connectivity index (χ3n) is 4.46. The Morgan fingerprint density at radius 2 is 1.52 bits per heavy atom. The number of nitrogens with one attached hydrogen (secondary N) is 3. The lowest BCUT2D eigenvalue weighted by molar-refractivity contribution is -0.116. The van der Waals surface area contributed by atoms with E-state index in [1.807, 2.05) is 41.2 Å². The number of ether oxygens (including phenoxy) is 1. The lowest BCUT2D eigenvalue weighted by Crippen LogP contribution is -2.34. The molecule has 33 heavy (non-hydrogen) atoms. The standard InChI is InChI=1S/C25H28N4O4/c1-25(2,3)33-24(32)26-14-13-22(30)27-19-7-6-8-20(17-19)28-23(31)18-9-11-21(12-10-18)29-15-4-5-16-29/h4-12,15-17H,13-14H2,1-3H3,(H,26,32)(H,27,30)(H,28,31). The molecule has 1 aromatic heterocycles. The van der Waals surface area contributed by atoms with E-state index < -0.39 is 11.7 Å². The predicted octanol–water partition coefficient (Wildman–Crippen LogP) is 4.58. The molecule has 0 aliphatic rings. The van der Waals surface area contributed by atoms with Gasteiger partial charge in [-0.1, -0.05) is 6.07 Å². The second kappa shape index (κ2) is 10.5. The molecule has 1 heterocycles. The summed E-state index contributed by atoms with van der Waals surface area (Å²) in [6, 6.07) is 18.0. The Labute approximate surface area is 192 Å². The quantitative estimate of drug-likeness (QED) is 0.492. The molecule has 3 aromatic rings. The van der Waals surface area contributed by atoms with Crippen LogP contribution in [0.3, 0.4) is 0 Å². The van der Waals surface area contributed by atoms with Crippen molar-refractivity contribution in [1.82, 2.24) is 9.88 Å². The highest BCUT2D eigenvalue weighted by atomic mass is 16.6. The van der Waals surface area contributed by atoms with Crippen molar-refractivity contribution in [3.8, 4) is 5.69 Å². The number of aromatic nitrogens is 1. The van der Waals surface area contributed by atoms with Gasteiger partial charge in [-0.3, -0.25) is 9.59 Å². The molecule has 3 N–H and O–H groups in total. The summed E-state index contributed by atoms with van der Waals surface area (Å²) < 4.78 is 7.08. The van der Waals surface area contributed by atoms with Crippen molar-refractivity contribution in [3.05, 3.63) is 78.6 Å². The van der Waals surface area contributed by atoms with Gasteiger partial charge in [-0.05, 0) is 75.4 Å². The maximum Gasteiger partial charge on any atom is 0.407 e. The zero-order valence-corrected chi connectivity index (χ0v) is 18.9. The Balaban J connectivity index is 1.50. The highest BCUT2D eigenvalue weighted by molar-refractivity contribution is 6.04. The molecule has 2 aromatic carbocycles. The molecule has 8 nitrogen and oxygen atoms in total. The van der Waals surface area contributed by atoms with Gasteiger partial charge >= 0.3 is 6.09 Å². The molecule has 0 unspecified atom stereocenters. The van der Waals surface area contributed by atoms with E-state index >= 15 is 0 Å². The first-order valence-electron chi connectivity index (χ1n) is 10.6. The van der Waals surface area contributed by atoms with Crippen LogP contribution >= 0.6 is 0 Å². The molecule has 0 radical (unpaired) electrons. The summed E-state index contributed by atoms with van der Waals surface area (Å²) in [5, 5.41) is 8.13. The monoisotopic (exact) mass is 448 g/mol. The zero-order valence-electron chi connectivity index (χ0n) is 18.9. The molecule has 0 saturated carbocycles. The van der Waals surface area contributed by atoms with Crippen LogP contribution in [0.15, 0.2) is 73.1 Å². The maximum atomic E-state index is 12.6. The van der Waals surface area contributed by atoms with Crippen LogP contribution < -0.4 is 16.0 Å². The molecule has 0 aliphatic heterocycles. The van der Waals surface area contributed by atoms with Gasteiger partial charge in [-0.2, -0.15) is 0 Å². The second-order valence-corrected chi connectivity index (χ2v) is 8.40. The second-order valence-electron chi connectivity index (χ2n) is 8.40. The van der Waals surface area contributed by atoms with Gasteiger partial charge in [0.1, 0.15) is 5.60 Å². The molecule has 172 valence electrons. The molecule has 0 fully saturated rings. The van der Waals surface area contributed by atoms with Crippen molar-refractivity contribution in [2.75, 3.05) is 17.2 Å². The average Bonchev–Trinajstić information content (AvgIpc) is 3.28. The maximum absolute atomic E-state index is 12.6. The normalized spacial score (nSPS) is 10.9. The van der Waals surface area contributed by atoms with Crippen molar-refractivity contribution < 1.29 is 19.1 Å². The highest BCUT2D eigenvalue weighted by Gasteiger charge is 2.16. The van der Waals surface area contributed by atoms with Crippen LogP contribution in [0.5, 0.6) is 0 Å². The average molecular weight is 449 g/mol. The minimum absolute atomic E-state index is 0.0869. The fourth-order valence-corrected chi connectivity index (χ4v) is 2.99. The van der Waals surface area contributed by atoms with Gasteiger partial charge in [-0.25, -0.2) is 4.79 Å². The fraction of sp³-hybridized carbons (Fsp3) is 0.240. The van der Waals surface area contributed by atoms with Crippen molar-refractivity contribution in [2.24, 2.45) is 0 Å². The molecule has 0 atom stereocenters. The molecule has 0 bridgehead atoms. The topological polar surface area (TPSA) is 101 Å². The predicted molar refractivity (Wildman–Crippen MR) is 128 cm³/mol. The zero-order chi connectivity index (χ0) is 23.8. The number of benzene rings is 2. The summed E-state index contributed by atoms with van der Waals surface area (Å²) in [5.41, 5.74) is 1.98. The molecular formula is C25H28N4O4. The Morgan fingerprint density at radius 3 is 2.15 bits per heavy atom. The number of alkyl carbamates (subject to hydrolysis) is 1. The Kier molecular flexibility index (Phi) is 7.50. The van der Waals surface area contributed by atoms with E-state index in [0.717, 1.165) is 5.69 Å². The summed E-state index contributed by atoms with van der Waals surface area (Å²) in [6.45, 7) is 5.45. The van der Waals surface area contributed by atoms with Gasteiger partial charge in [-0.15, -0.1) is 0 Å². The fourth-order valence-electron chi connectivity index (χ4n) is 2.99. The van der Waals surface area contributed by atoms with E-state index in [2.05, 4.69) is 16.0 Å². The number of nitrogens with zero attached hydrogens (tertiary/aromatic N) is 1. The smallest absolute Gasteiger partial charge is 0.407 e. The molecule has 0 spiro atoms. The minimum Gasteiger partial charge on any atom is -0.444 e. The first kappa shape index (κ1) is 23.6. The number of carbonyl (C=O) groups excluding carboxylic acids is 3. The van der Waals surface area contributed by atoms with Gasteiger partial charge in [0.15, 0.2) is 0 Å². The lowest BCUT2D eigenvalue weighted by atomic mass is 10.2. The largest absolute Gasteiger partial charge is 0.444 e. The highest BCUT2D eigenvalue weighted by Crippen LogP contribution is 2.17. The van der Waals surface area contributed by atoms with Crippen molar-refractivity contribution in [3.63, 3.8) is 0 Å².